The van der Waals surface area contributed by atoms with Crippen LogP contribution >= 0.6 is 0 Å². The van der Waals surface area contributed by atoms with Gasteiger partial charge in [0.1, 0.15) is 0 Å². The fourth-order valence-corrected chi connectivity index (χ4v) is 1.85. The Bertz CT molecular complexity index is 244. The summed E-state index contributed by atoms with van der Waals surface area (Å²) in [6, 6.07) is 0. The van der Waals surface area contributed by atoms with Gasteiger partial charge in [-0.05, 0) is 53.5 Å². The molecule has 0 bridgehead atoms. The average molecular weight is 269 g/mol. The maximum Gasteiger partial charge on any atom is 0.0140 e. The van der Waals surface area contributed by atoms with Crippen molar-refractivity contribution in [2.45, 2.75) is 71.4 Å². The van der Waals surface area contributed by atoms with E-state index in [4.69, 9.17) is 5.73 Å². The van der Waals surface area contributed by atoms with Crippen molar-refractivity contribution < 1.29 is 0 Å². The third-order valence-corrected chi connectivity index (χ3v) is 3.72. The van der Waals surface area contributed by atoms with Crippen molar-refractivity contribution in [2.75, 3.05) is 19.6 Å². The highest BCUT2D eigenvalue weighted by molar-refractivity contribution is 4.88. The summed E-state index contributed by atoms with van der Waals surface area (Å²) >= 11 is 0. The van der Waals surface area contributed by atoms with Gasteiger partial charge in [0.15, 0.2) is 0 Å². The van der Waals surface area contributed by atoms with E-state index >= 15 is 0 Å². The minimum absolute atomic E-state index is 0.208. The van der Waals surface area contributed by atoms with Gasteiger partial charge in [-0.15, -0.1) is 0 Å². The van der Waals surface area contributed by atoms with E-state index in [2.05, 4.69) is 51.3 Å². The van der Waals surface area contributed by atoms with Gasteiger partial charge in [-0.2, -0.15) is 0 Å². The van der Waals surface area contributed by atoms with Crippen LogP contribution in [0.1, 0.15) is 60.3 Å². The Labute approximate surface area is 120 Å². The highest BCUT2D eigenvalue weighted by Gasteiger charge is 2.16. The molecule has 0 aliphatic heterocycles. The van der Waals surface area contributed by atoms with E-state index in [0.29, 0.717) is 6.54 Å². The molecule has 0 aliphatic rings. The number of nitrogens with two attached hydrogens (primary N) is 1. The summed E-state index contributed by atoms with van der Waals surface area (Å²) in [6.07, 6.45) is 8.98. The first-order valence-electron chi connectivity index (χ1n) is 7.68. The number of hydrogen-bond donors (Lipinski definition) is 3. The zero-order valence-corrected chi connectivity index (χ0v) is 13.7. The van der Waals surface area contributed by atoms with E-state index in [9.17, 15) is 0 Å². The summed E-state index contributed by atoms with van der Waals surface area (Å²) in [5.41, 5.74) is 5.90. The summed E-state index contributed by atoms with van der Waals surface area (Å²) in [4.78, 5) is 0. The van der Waals surface area contributed by atoms with E-state index in [0.717, 1.165) is 13.1 Å². The van der Waals surface area contributed by atoms with Crippen LogP contribution in [-0.2, 0) is 0 Å². The summed E-state index contributed by atoms with van der Waals surface area (Å²) in [5.74, 6) is 0. The molecule has 0 radical (unpaired) electrons. The summed E-state index contributed by atoms with van der Waals surface area (Å²) in [7, 11) is 0. The molecule has 0 fully saturated rings. The molecule has 3 heteroatoms. The monoisotopic (exact) mass is 269 g/mol. The lowest BCUT2D eigenvalue weighted by Crippen LogP contribution is -2.40. The van der Waals surface area contributed by atoms with Crippen molar-refractivity contribution >= 4 is 0 Å². The molecular formula is C16H35N3. The first-order chi connectivity index (χ1) is 8.83. The summed E-state index contributed by atoms with van der Waals surface area (Å²) in [6.45, 7) is 14.0. The van der Waals surface area contributed by atoms with Crippen molar-refractivity contribution in [3.8, 4) is 0 Å². The zero-order chi connectivity index (χ0) is 14.8. The molecular weight excluding hydrogens is 234 g/mol. The van der Waals surface area contributed by atoms with Crippen molar-refractivity contribution in [2.24, 2.45) is 5.73 Å². The van der Waals surface area contributed by atoms with Gasteiger partial charge < -0.3 is 16.4 Å². The lowest BCUT2D eigenvalue weighted by molar-refractivity contribution is 0.342. The normalized spacial score (nSPS) is 13.4. The second-order valence-electron chi connectivity index (χ2n) is 6.59. The molecule has 0 heterocycles. The lowest BCUT2D eigenvalue weighted by Gasteiger charge is -2.27. The van der Waals surface area contributed by atoms with Gasteiger partial charge in [0.25, 0.3) is 0 Å². The topological polar surface area (TPSA) is 50.1 Å². The maximum atomic E-state index is 5.42. The first kappa shape index (κ1) is 18.6. The molecule has 0 saturated carbocycles. The summed E-state index contributed by atoms with van der Waals surface area (Å²) in [5, 5.41) is 7.16. The standard InChI is InChI=1S/C16H35N3/c1-6-15(2,3)18-13-9-7-11-16(4,5)19-14-10-8-12-17/h8,10,18-19H,6-7,9,11-14,17H2,1-5H3/b10-8+. The van der Waals surface area contributed by atoms with Crippen LogP contribution in [0, 0.1) is 0 Å². The van der Waals surface area contributed by atoms with Crippen LogP contribution in [0.4, 0.5) is 0 Å². The van der Waals surface area contributed by atoms with Crippen LogP contribution < -0.4 is 16.4 Å². The molecule has 0 spiro atoms. The third kappa shape index (κ3) is 11.2. The predicted molar refractivity (Wildman–Crippen MR) is 86.5 cm³/mol. The van der Waals surface area contributed by atoms with Gasteiger partial charge >= 0.3 is 0 Å². The maximum absolute atomic E-state index is 5.42. The Kier molecular flexibility index (Phi) is 9.32. The minimum Gasteiger partial charge on any atom is -0.327 e. The SMILES string of the molecule is CCC(C)(C)NCCCCC(C)(C)NC/C=C/CN. The van der Waals surface area contributed by atoms with Crippen molar-refractivity contribution in [1.29, 1.82) is 0 Å². The molecule has 0 atom stereocenters. The van der Waals surface area contributed by atoms with Gasteiger partial charge in [0, 0.05) is 24.2 Å². The fraction of sp³-hybridized carbons (Fsp3) is 0.875. The number of hydrogen-bond acceptors (Lipinski definition) is 3. The molecule has 0 amide bonds. The second-order valence-corrected chi connectivity index (χ2v) is 6.59. The Hall–Kier alpha value is -0.380. The lowest BCUT2D eigenvalue weighted by atomic mass is 9.96. The Morgan fingerprint density at radius 1 is 0.947 bits per heavy atom. The van der Waals surface area contributed by atoms with Crippen LogP contribution in [0.3, 0.4) is 0 Å². The summed E-state index contributed by atoms with van der Waals surface area (Å²) < 4.78 is 0. The van der Waals surface area contributed by atoms with Crippen LogP contribution in [0.25, 0.3) is 0 Å². The van der Waals surface area contributed by atoms with E-state index in [1.807, 2.05) is 6.08 Å². The molecule has 0 rings (SSSR count). The van der Waals surface area contributed by atoms with Gasteiger partial charge in [0.2, 0.25) is 0 Å². The molecule has 0 saturated heterocycles. The molecule has 0 aromatic heterocycles. The first-order valence-corrected chi connectivity index (χ1v) is 7.68. The highest BCUT2D eigenvalue weighted by Crippen LogP contribution is 2.13. The van der Waals surface area contributed by atoms with E-state index in [1.165, 1.54) is 25.7 Å². The molecule has 3 nitrogen and oxygen atoms in total. The average Bonchev–Trinajstić information content (AvgIpc) is 2.34. The molecule has 114 valence electrons. The Morgan fingerprint density at radius 2 is 1.63 bits per heavy atom. The van der Waals surface area contributed by atoms with Crippen molar-refractivity contribution in [3.05, 3.63) is 12.2 Å². The van der Waals surface area contributed by atoms with Crippen LogP contribution in [0.15, 0.2) is 12.2 Å². The number of rotatable bonds is 11. The van der Waals surface area contributed by atoms with Gasteiger partial charge in [-0.1, -0.05) is 25.5 Å². The molecule has 0 aliphatic carbocycles. The second kappa shape index (κ2) is 9.51. The minimum atomic E-state index is 0.208. The van der Waals surface area contributed by atoms with Crippen LogP contribution in [0.2, 0.25) is 0 Å². The molecule has 0 unspecified atom stereocenters. The van der Waals surface area contributed by atoms with Crippen LogP contribution in [-0.4, -0.2) is 30.7 Å². The molecule has 4 N–H and O–H groups in total. The smallest absolute Gasteiger partial charge is 0.0140 e. The fourth-order valence-electron chi connectivity index (χ4n) is 1.85. The zero-order valence-electron chi connectivity index (χ0n) is 13.7. The largest absolute Gasteiger partial charge is 0.327 e. The highest BCUT2D eigenvalue weighted by atomic mass is 15.0. The van der Waals surface area contributed by atoms with Gasteiger partial charge in [-0.3, -0.25) is 0 Å². The van der Waals surface area contributed by atoms with Crippen molar-refractivity contribution in [1.82, 2.24) is 10.6 Å². The molecule has 19 heavy (non-hydrogen) atoms. The number of nitrogens with one attached hydrogen (secondary N) is 2. The van der Waals surface area contributed by atoms with E-state index in [-0.39, 0.29) is 11.1 Å². The third-order valence-electron chi connectivity index (χ3n) is 3.72. The van der Waals surface area contributed by atoms with Gasteiger partial charge in [0.05, 0.1) is 0 Å². The number of unbranched alkanes of at least 4 members (excludes halogenated alkanes) is 1. The Morgan fingerprint density at radius 3 is 2.21 bits per heavy atom. The van der Waals surface area contributed by atoms with E-state index in [1.54, 1.807) is 0 Å². The molecule has 0 aromatic carbocycles. The predicted octanol–water partition coefficient (Wildman–Crippen LogP) is 2.82. The quantitative estimate of drug-likeness (QED) is 0.399. The van der Waals surface area contributed by atoms with Gasteiger partial charge in [-0.25, -0.2) is 0 Å². The molecule has 0 aromatic rings. The van der Waals surface area contributed by atoms with E-state index < -0.39 is 0 Å². The Balaban J connectivity index is 3.66. The van der Waals surface area contributed by atoms with Crippen molar-refractivity contribution in [3.63, 3.8) is 0 Å². The van der Waals surface area contributed by atoms with Crippen LogP contribution in [0.5, 0.6) is 0 Å².